The molecule has 1 N–H and O–H groups in total. The zero-order chi connectivity index (χ0) is 16.9. The summed E-state index contributed by atoms with van der Waals surface area (Å²) in [4.78, 5) is 11.2. The van der Waals surface area contributed by atoms with E-state index in [2.05, 4.69) is 25.3 Å². The molecule has 1 saturated heterocycles. The first-order valence-corrected chi connectivity index (χ1v) is 8.66. The average Bonchev–Trinajstić information content (AvgIpc) is 3.35. The number of hydrogen-bond donors (Lipinski definition) is 1. The molecule has 25 heavy (non-hydrogen) atoms. The third kappa shape index (κ3) is 3.85. The van der Waals surface area contributed by atoms with E-state index >= 15 is 0 Å². The van der Waals surface area contributed by atoms with E-state index in [1.54, 1.807) is 0 Å². The Balaban J connectivity index is 1.30. The Labute approximate surface area is 146 Å². The monoisotopic (exact) mass is 335 g/mol. The minimum absolute atomic E-state index is 0.619. The van der Waals surface area contributed by atoms with E-state index in [9.17, 15) is 0 Å². The molecule has 0 saturated carbocycles. The van der Waals surface area contributed by atoms with E-state index in [0.717, 1.165) is 41.6 Å². The molecule has 1 fully saturated rings. The highest BCUT2D eigenvalue weighted by molar-refractivity contribution is 5.58. The van der Waals surface area contributed by atoms with Gasteiger partial charge in [0.15, 0.2) is 5.76 Å². The molecule has 0 aliphatic carbocycles. The first kappa shape index (κ1) is 15.8. The molecule has 4 rings (SSSR count). The van der Waals surface area contributed by atoms with Gasteiger partial charge in [0.2, 0.25) is 5.95 Å². The first-order valence-electron chi connectivity index (χ1n) is 8.66. The van der Waals surface area contributed by atoms with Gasteiger partial charge in [-0.1, -0.05) is 35.5 Å². The second kappa shape index (κ2) is 7.44. The first-order chi connectivity index (χ1) is 12.4. The van der Waals surface area contributed by atoms with Gasteiger partial charge in [0.05, 0.1) is 6.54 Å². The van der Waals surface area contributed by atoms with Gasteiger partial charge < -0.3 is 14.7 Å². The summed E-state index contributed by atoms with van der Waals surface area (Å²) >= 11 is 0. The van der Waals surface area contributed by atoms with Crippen molar-refractivity contribution < 1.29 is 4.52 Å². The number of rotatable bonds is 6. The molecule has 0 spiro atoms. The quantitative estimate of drug-likeness (QED) is 0.747. The lowest BCUT2D eigenvalue weighted by Gasteiger charge is -2.14. The second-order valence-corrected chi connectivity index (χ2v) is 6.23. The van der Waals surface area contributed by atoms with E-state index in [1.165, 1.54) is 12.8 Å². The van der Waals surface area contributed by atoms with Crippen molar-refractivity contribution in [3.63, 3.8) is 0 Å². The maximum Gasteiger partial charge on any atom is 0.225 e. The van der Waals surface area contributed by atoms with Gasteiger partial charge in [-0.05, 0) is 12.8 Å². The number of hydrogen-bond acceptors (Lipinski definition) is 6. The van der Waals surface area contributed by atoms with Crippen LogP contribution in [0.15, 0.2) is 53.3 Å². The number of aromatic nitrogens is 3. The molecule has 0 bridgehead atoms. The van der Waals surface area contributed by atoms with Gasteiger partial charge in [-0.15, -0.1) is 0 Å². The lowest BCUT2D eigenvalue weighted by molar-refractivity contribution is 0.374. The fourth-order valence-corrected chi connectivity index (χ4v) is 2.99. The van der Waals surface area contributed by atoms with Gasteiger partial charge >= 0.3 is 0 Å². The van der Waals surface area contributed by atoms with Crippen LogP contribution in [-0.2, 0) is 13.1 Å². The van der Waals surface area contributed by atoms with Crippen LogP contribution < -0.4 is 10.2 Å². The third-order valence-corrected chi connectivity index (χ3v) is 4.34. The lowest BCUT2D eigenvalue weighted by Crippen LogP contribution is -2.20. The van der Waals surface area contributed by atoms with Gasteiger partial charge in [-0.2, -0.15) is 0 Å². The highest BCUT2D eigenvalue weighted by Gasteiger charge is 2.14. The maximum atomic E-state index is 5.39. The molecular weight excluding hydrogens is 314 g/mol. The van der Waals surface area contributed by atoms with Crippen LogP contribution in [0.2, 0.25) is 0 Å². The van der Waals surface area contributed by atoms with E-state index in [-0.39, 0.29) is 0 Å². The second-order valence-electron chi connectivity index (χ2n) is 6.23. The molecular formula is C19H21N5O. The standard InChI is InChI=1S/C19H21N5O/c1-2-6-16(7-3-1)18-10-17(25-23-18)14-20-11-15-12-21-19(22-13-15)24-8-4-5-9-24/h1-3,6-7,10,12-13,20H,4-5,8-9,11,14H2. The van der Waals surface area contributed by atoms with Crippen LogP contribution in [0, 0.1) is 0 Å². The Bertz CT molecular complexity index is 794. The lowest BCUT2D eigenvalue weighted by atomic mass is 10.1. The van der Waals surface area contributed by atoms with Gasteiger partial charge in [0.25, 0.3) is 0 Å². The molecule has 1 aliphatic rings. The summed E-state index contributed by atoms with van der Waals surface area (Å²) in [5, 5.41) is 7.47. The predicted molar refractivity (Wildman–Crippen MR) is 96.0 cm³/mol. The summed E-state index contributed by atoms with van der Waals surface area (Å²) in [6.07, 6.45) is 6.25. The fourth-order valence-electron chi connectivity index (χ4n) is 2.99. The van der Waals surface area contributed by atoms with E-state index in [4.69, 9.17) is 4.52 Å². The number of nitrogens with zero attached hydrogens (tertiary/aromatic N) is 4. The number of anilines is 1. The van der Waals surface area contributed by atoms with E-state index in [0.29, 0.717) is 13.1 Å². The highest BCUT2D eigenvalue weighted by Crippen LogP contribution is 2.18. The Morgan fingerprint density at radius 1 is 1.00 bits per heavy atom. The van der Waals surface area contributed by atoms with Crippen molar-refractivity contribution in [2.45, 2.75) is 25.9 Å². The Morgan fingerprint density at radius 2 is 1.76 bits per heavy atom. The molecule has 0 unspecified atom stereocenters. The van der Waals surface area contributed by atoms with Gasteiger partial charge in [-0.25, -0.2) is 9.97 Å². The van der Waals surface area contributed by atoms with Crippen molar-refractivity contribution in [1.82, 2.24) is 20.4 Å². The molecule has 3 aromatic rings. The molecule has 0 atom stereocenters. The van der Waals surface area contributed by atoms with Crippen molar-refractivity contribution in [2.75, 3.05) is 18.0 Å². The van der Waals surface area contributed by atoms with Crippen molar-refractivity contribution in [3.05, 3.63) is 60.1 Å². The van der Waals surface area contributed by atoms with Crippen molar-refractivity contribution in [1.29, 1.82) is 0 Å². The van der Waals surface area contributed by atoms with Crippen molar-refractivity contribution >= 4 is 5.95 Å². The summed E-state index contributed by atoms with van der Waals surface area (Å²) in [5.41, 5.74) is 2.98. The van der Waals surface area contributed by atoms with Gasteiger partial charge in [-0.3, -0.25) is 0 Å². The van der Waals surface area contributed by atoms with Crippen LogP contribution in [0.5, 0.6) is 0 Å². The molecule has 6 heteroatoms. The third-order valence-electron chi connectivity index (χ3n) is 4.34. The SMILES string of the molecule is c1ccc(-c2cc(CNCc3cnc(N4CCCC4)nc3)on2)cc1. The van der Waals surface area contributed by atoms with Crippen LogP contribution in [0.4, 0.5) is 5.95 Å². The molecule has 6 nitrogen and oxygen atoms in total. The molecule has 128 valence electrons. The Hall–Kier alpha value is -2.73. The highest BCUT2D eigenvalue weighted by atomic mass is 16.5. The maximum absolute atomic E-state index is 5.39. The number of nitrogens with one attached hydrogen (secondary N) is 1. The summed E-state index contributed by atoms with van der Waals surface area (Å²) in [5.74, 6) is 1.65. The smallest absolute Gasteiger partial charge is 0.225 e. The van der Waals surface area contributed by atoms with Crippen LogP contribution in [-0.4, -0.2) is 28.2 Å². The molecule has 2 aromatic heterocycles. The molecule has 1 aromatic carbocycles. The summed E-state index contributed by atoms with van der Waals surface area (Å²) in [6, 6.07) is 12.0. The number of benzene rings is 1. The van der Waals surface area contributed by atoms with Crippen LogP contribution in [0.1, 0.15) is 24.2 Å². The van der Waals surface area contributed by atoms with Crippen LogP contribution in [0.3, 0.4) is 0 Å². The average molecular weight is 335 g/mol. The topological polar surface area (TPSA) is 67.1 Å². The zero-order valence-corrected chi connectivity index (χ0v) is 14.1. The summed E-state index contributed by atoms with van der Waals surface area (Å²) in [7, 11) is 0. The molecule has 0 amide bonds. The Morgan fingerprint density at radius 3 is 2.52 bits per heavy atom. The largest absolute Gasteiger partial charge is 0.359 e. The van der Waals surface area contributed by atoms with E-state index in [1.807, 2.05) is 48.8 Å². The summed E-state index contributed by atoms with van der Waals surface area (Å²) in [6.45, 7) is 3.44. The molecule has 3 heterocycles. The zero-order valence-electron chi connectivity index (χ0n) is 14.1. The predicted octanol–water partition coefficient (Wildman–Crippen LogP) is 3.02. The minimum atomic E-state index is 0.619. The normalized spacial score (nSPS) is 14.2. The van der Waals surface area contributed by atoms with Crippen molar-refractivity contribution in [3.8, 4) is 11.3 Å². The minimum Gasteiger partial charge on any atom is -0.359 e. The Kier molecular flexibility index (Phi) is 4.70. The molecule has 0 radical (unpaired) electrons. The van der Waals surface area contributed by atoms with Gasteiger partial charge in [0.1, 0.15) is 5.69 Å². The fraction of sp³-hybridized carbons (Fsp3) is 0.316. The van der Waals surface area contributed by atoms with Crippen LogP contribution >= 0.6 is 0 Å². The van der Waals surface area contributed by atoms with E-state index < -0.39 is 0 Å². The molecule has 1 aliphatic heterocycles. The van der Waals surface area contributed by atoms with Crippen LogP contribution in [0.25, 0.3) is 11.3 Å². The van der Waals surface area contributed by atoms with Gasteiger partial charge in [0, 0.05) is 49.2 Å². The van der Waals surface area contributed by atoms with Crippen molar-refractivity contribution in [2.24, 2.45) is 0 Å². The summed E-state index contributed by atoms with van der Waals surface area (Å²) < 4.78 is 5.39.